The summed E-state index contributed by atoms with van der Waals surface area (Å²) in [6, 6.07) is 8.66. The maximum absolute atomic E-state index is 11.5. The van der Waals surface area contributed by atoms with Gasteiger partial charge >= 0.3 is 12.1 Å². The van der Waals surface area contributed by atoms with Crippen LogP contribution < -0.4 is 4.74 Å². The molecule has 1 amide bonds. The monoisotopic (exact) mass is 237 g/mol. The summed E-state index contributed by atoms with van der Waals surface area (Å²) in [6.07, 6.45) is -0.593. The molecule has 0 unspecified atom stereocenters. The second-order valence-corrected chi connectivity index (χ2v) is 3.34. The SMILES string of the molecule is CCOC(=O)CN(C)C(=O)Oc1ccccc1. The number of likely N-dealkylation sites (N-methyl/N-ethyl adjacent to an activating group) is 1. The number of para-hydroxylation sites is 1. The van der Waals surface area contributed by atoms with Crippen LogP contribution in [-0.2, 0) is 9.53 Å². The molecule has 0 spiro atoms. The molecule has 0 fully saturated rings. The Labute approximate surface area is 99.9 Å². The summed E-state index contributed by atoms with van der Waals surface area (Å²) in [7, 11) is 1.47. The number of hydrogen-bond acceptors (Lipinski definition) is 4. The first kappa shape index (κ1) is 13.0. The van der Waals surface area contributed by atoms with Crippen LogP contribution in [0.5, 0.6) is 5.75 Å². The van der Waals surface area contributed by atoms with Crippen molar-refractivity contribution in [3.8, 4) is 5.75 Å². The number of ether oxygens (including phenoxy) is 2. The molecule has 1 aromatic carbocycles. The van der Waals surface area contributed by atoms with Gasteiger partial charge in [-0.05, 0) is 19.1 Å². The zero-order chi connectivity index (χ0) is 12.7. The highest BCUT2D eigenvalue weighted by Gasteiger charge is 2.15. The molecule has 0 aliphatic rings. The van der Waals surface area contributed by atoms with Crippen molar-refractivity contribution >= 4 is 12.1 Å². The minimum absolute atomic E-state index is 0.125. The zero-order valence-corrected chi connectivity index (χ0v) is 9.88. The molecular formula is C12H15NO4. The highest BCUT2D eigenvalue weighted by molar-refractivity contribution is 5.78. The standard InChI is InChI=1S/C12H15NO4/c1-3-16-11(14)9-13(2)12(15)17-10-7-5-4-6-8-10/h4-8H,3,9H2,1-2H3. The van der Waals surface area contributed by atoms with Crippen LogP contribution in [0.2, 0.25) is 0 Å². The van der Waals surface area contributed by atoms with Crippen molar-refractivity contribution in [1.29, 1.82) is 0 Å². The zero-order valence-electron chi connectivity index (χ0n) is 9.88. The number of hydrogen-bond donors (Lipinski definition) is 0. The molecule has 0 heterocycles. The van der Waals surface area contributed by atoms with E-state index < -0.39 is 12.1 Å². The maximum Gasteiger partial charge on any atom is 0.415 e. The van der Waals surface area contributed by atoms with Gasteiger partial charge in [-0.3, -0.25) is 9.69 Å². The van der Waals surface area contributed by atoms with Crippen molar-refractivity contribution < 1.29 is 19.1 Å². The number of esters is 1. The van der Waals surface area contributed by atoms with E-state index in [9.17, 15) is 9.59 Å². The smallest absolute Gasteiger partial charge is 0.415 e. The molecule has 0 bridgehead atoms. The lowest BCUT2D eigenvalue weighted by molar-refractivity contribution is -0.143. The Balaban J connectivity index is 2.45. The lowest BCUT2D eigenvalue weighted by Gasteiger charge is -2.15. The topological polar surface area (TPSA) is 55.8 Å². The van der Waals surface area contributed by atoms with E-state index in [0.29, 0.717) is 12.4 Å². The summed E-state index contributed by atoms with van der Waals surface area (Å²) >= 11 is 0. The second kappa shape index (κ2) is 6.52. The fourth-order valence-corrected chi connectivity index (χ4v) is 1.13. The fourth-order valence-electron chi connectivity index (χ4n) is 1.13. The summed E-state index contributed by atoms with van der Waals surface area (Å²) in [5.74, 6) is -0.0202. The molecule has 0 radical (unpaired) electrons. The summed E-state index contributed by atoms with van der Waals surface area (Å²) < 4.78 is 9.76. The van der Waals surface area contributed by atoms with E-state index in [-0.39, 0.29) is 6.54 Å². The average molecular weight is 237 g/mol. The van der Waals surface area contributed by atoms with Crippen LogP contribution in [0, 0.1) is 0 Å². The van der Waals surface area contributed by atoms with Gasteiger partial charge in [0.15, 0.2) is 0 Å². The summed E-state index contributed by atoms with van der Waals surface area (Å²) in [4.78, 5) is 23.8. The third kappa shape index (κ3) is 4.55. The Morgan fingerprint density at radius 3 is 2.47 bits per heavy atom. The molecule has 5 heteroatoms. The molecule has 5 nitrogen and oxygen atoms in total. The van der Waals surface area contributed by atoms with Gasteiger partial charge in [0.1, 0.15) is 12.3 Å². The molecule has 0 saturated carbocycles. The molecule has 0 aliphatic carbocycles. The predicted octanol–water partition coefficient (Wildman–Crippen LogP) is 1.68. The van der Waals surface area contributed by atoms with Gasteiger partial charge in [0, 0.05) is 7.05 Å². The first-order valence-corrected chi connectivity index (χ1v) is 5.27. The Hall–Kier alpha value is -2.04. The minimum Gasteiger partial charge on any atom is -0.465 e. The second-order valence-electron chi connectivity index (χ2n) is 3.34. The third-order valence-electron chi connectivity index (χ3n) is 1.93. The number of carbonyl (C=O) groups excluding carboxylic acids is 2. The summed E-state index contributed by atoms with van der Waals surface area (Å²) in [5, 5.41) is 0. The molecule has 17 heavy (non-hydrogen) atoms. The molecule has 0 saturated heterocycles. The Kier molecular flexibility index (Phi) is 5.00. The minimum atomic E-state index is -0.593. The van der Waals surface area contributed by atoms with Gasteiger partial charge in [0.05, 0.1) is 6.61 Å². The van der Waals surface area contributed by atoms with Gasteiger partial charge in [0.2, 0.25) is 0 Å². The van der Waals surface area contributed by atoms with E-state index in [1.54, 1.807) is 31.2 Å². The Morgan fingerprint density at radius 1 is 1.24 bits per heavy atom. The van der Waals surface area contributed by atoms with Crippen LogP contribution in [0.25, 0.3) is 0 Å². The summed E-state index contributed by atoms with van der Waals surface area (Å²) in [5.41, 5.74) is 0. The van der Waals surface area contributed by atoms with Crippen LogP contribution >= 0.6 is 0 Å². The van der Waals surface area contributed by atoms with Crippen LogP contribution in [0.1, 0.15) is 6.92 Å². The van der Waals surface area contributed by atoms with E-state index >= 15 is 0 Å². The number of rotatable bonds is 4. The maximum atomic E-state index is 11.5. The van der Waals surface area contributed by atoms with Crippen molar-refractivity contribution in [1.82, 2.24) is 4.90 Å². The van der Waals surface area contributed by atoms with Gasteiger partial charge in [-0.15, -0.1) is 0 Å². The van der Waals surface area contributed by atoms with Crippen LogP contribution in [0.3, 0.4) is 0 Å². The first-order valence-electron chi connectivity index (χ1n) is 5.27. The first-order chi connectivity index (χ1) is 8.13. The Bertz CT molecular complexity index is 377. The third-order valence-corrected chi connectivity index (χ3v) is 1.93. The highest BCUT2D eigenvalue weighted by atomic mass is 16.6. The average Bonchev–Trinajstić information content (AvgIpc) is 2.30. The van der Waals surface area contributed by atoms with E-state index in [1.807, 2.05) is 6.07 Å². The Morgan fingerprint density at radius 2 is 1.88 bits per heavy atom. The molecule has 92 valence electrons. The van der Waals surface area contributed by atoms with E-state index in [2.05, 4.69) is 0 Å². The largest absolute Gasteiger partial charge is 0.465 e. The molecule has 0 N–H and O–H groups in total. The molecule has 0 aromatic heterocycles. The van der Waals surface area contributed by atoms with Crippen LogP contribution in [0.15, 0.2) is 30.3 Å². The number of benzene rings is 1. The van der Waals surface area contributed by atoms with Gasteiger partial charge in [-0.1, -0.05) is 18.2 Å². The molecule has 1 aromatic rings. The van der Waals surface area contributed by atoms with Crippen molar-refractivity contribution in [2.24, 2.45) is 0 Å². The normalized spacial score (nSPS) is 9.53. The van der Waals surface area contributed by atoms with Gasteiger partial charge in [-0.25, -0.2) is 4.79 Å². The molecular weight excluding hydrogens is 222 g/mol. The van der Waals surface area contributed by atoms with Crippen molar-refractivity contribution in [3.05, 3.63) is 30.3 Å². The van der Waals surface area contributed by atoms with E-state index in [1.165, 1.54) is 7.05 Å². The van der Waals surface area contributed by atoms with Crippen molar-refractivity contribution in [2.45, 2.75) is 6.92 Å². The van der Waals surface area contributed by atoms with Gasteiger partial charge in [-0.2, -0.15) is 0 Å². The molecule has 0 atom stereocenters. The lowest BCUT2D eigenvalue weighted by atomic mass is 10.3. The van der Waals surface area contributed by atoms with Gasteiger partial charge < -0.3 is 9.47 Å². The van der Waals surface area contributed by atoms with Crippen molar-refractivity contribution in [2.75, 3.05) is 20.2 Å². The van der Waals surface area contributed by atoms with Gasteiger partial charge in [0.25, 0.3) is 0 Å². The number of amides is 1. The predicted molar refractivity (Wildman–Crippen MR) is 61.7 cm³/mol. The van der Waals surface area contributed by atoms with Crippen LogP contribution in [-0.4, -0.2) is 37.2 Å². The highest BCUT2D eigenvalue weighted by Crippen LogP contribution is 2.09. The van der Waals surface area contributed by atoms with Crippen LogP contribution in [0.4, 0.5) is 4.79 Å². The van der Waals surface area contributed by atoms with E-state index in [4.69, 9.17) is 9.47 Å². The summed E-state index contributed by atoms with van der Waals surface area (Å²) in [6.45, 7) is 1.88. The molecule has 0 aliphatic heterocycles. The number of carbonyl (C=O) groups is 2. The fraction of sp³-hybridized carbons (Fsp3) is 0.333. The number of nitrogens with zero attached hydrogens (tertiary/aromatic N) is 1. The quantitative estimate of drug-likeness (QED) is 0.747. The lowest BCUT2D eigenvalue weighted by Crippen LogP contribution is -2.35. The van der Waals surface area contributed by atoms with Crippen molar-refractivity contribution in [3.63, 3.8) is 0 Å². The van der Waals surface area contributed by atoms with E-state index in [0.717, 1.165) is 4.90 Å². The molecule has 1 rings (SSSR count).